The lowest BCUT2D eigenvalue weighted by Gasteiger charge is -2.32. The molecular weight excluding hydrogens is 317 g/mol. The first-order chi connectivity index (χ1) is 12.2. The summed E-state index contributed by atoms with van der Waals surface area (Å²) in [6.45, 7) is 2.93. The molecule has 0 radical (unpaired) electrons. The van der Waals surface area contributed by atoms with Crippen LogP contribution in [-0.4, -0.2) is 38.6 Å². The third kappa shape index (κ3) is 3.35. The number of hydrogen-bond donors (Lipinski definition) is 1. The van der Waals surface area contributed by atoms with Gasteiger partial charge in [-0.3, -0.25) is 9.88 Å². The number of fused-ring (bicyclic) bond motifs is 1. The summed E-state index contributed by atoms with van der Waals surface area (Å²) < 4.78 is 15.8. The second-order valence-electron chi connectivity index (χ2n) is 6.62. The van der Waals surface area contributed by atoms with E-state index < -0.39 is 0 Å². The average Bonchev–Trinajstić information content (AvgIpc) is 2.95. The molecule has 3 heterocycles. The number of anilines is 1. The van der Waals surface area contributed by atoms with Crippen LogP contribution in [0.2, 0.25) is 0 Å². The summed E-state index contributed by atoms with van der Waals surface area (Å²) >= 11 is 0. The normalized spacial score (nSPS) is 16.4. The van der Waals surface area contributed by atoms with Crippen LogP contribution in [0.5, 0.6) is 0 Å². The van der Waals surface area contributed by atoms with Crippen LogP contribution in [-0.2, 0) is 13.6 Å². The maximum atomic E-state index is 13.9. The second kappa shape index (κ2) is 6.80. The summed E-state index contributed by atoms with van der Waals surface area (Å²) in [4.78, 5) is 11.3. The van der Waals surface area contributed by atoms with Gasteiger partial charge in [0.1, 0.15) is 5.52 Å². The lowest BCUT2D eigenvalue weighted by molar-refractivity contribution is 0.209. The van der Waals surface area contributed by atoms with Gasteiger partial charge in [0.25, 0.3) is 0 Å². The Hall–Kier alpha value is -2.47. The summed E-state index contributed by atoms with van der Waals surface area (Å²) in [6, 6.07) is 11.5. The quantitative estimate of drug-likeness (QED) is 0.793. The number of benzene rings is 1. The molecule has 0 atom stereocenters. The van der Waals surface area contributed by atoms with Crippen molar-refractivity contribution in [2.45, 2.75) is 25.4 Å². The molecule has 0 spiro atoms. The Morgan fingerprint density at radius 3 is 2.72 bits per heavy atom. The zero-order chi connectivity index (χ0) is 17.2. The molecule has 4 rings (SSSR count). The molecule has 1 aliphatic heterocycles. The second-order valence-corrected chi connectivity index (χ2v) is 6.62. The number of likely N-dealkylation sites (tertiary alicyclic amines) is 1. The smallest absolute Gasteiger partial charge is 0.203 e. The van der Waals surface area contributed by atoms with E-state index in [9.17, 15) is 4.39 Å². The molecule has 0 bridgehead atoms. The molecule has 6 heteroatoms. The molecule has 0 unspecified atom stereocenters. The zero-order valence-corrected chi connectivity index (χ0v) is 14.3. The predicted octanol–water partition coefficient (Wildman–Crippen LogP) is 3.18. The first-order valence-electron chi connectivity index (χ1n) is 8.70. The van der Waals surface area contributed by atoms with Crippen LogP contribution >= 0.6 is 0 Å². The molecule has 2 aromatic heterocycles. The fraction of sp³-hybridized carbons (Fsp3) is 0.368. The number of halogens is 1. The van der Waals surface area contributed by atoms with Crippen molar-refractivity contribution in [3.05, 3.63) is 54.1 Å². The number of piperidine rings is 1. The standard InChI is InChI=1S/C19H22FN5/c1-24-17-7-4-6-16(20)18(17)23-19(24)22-14-8-11-25(12-9-14)13-15-5-2-3-10-21-15/h2-7,10,14H,8-9,11-13H2,1H3,(H,22,23). The average molecular weight is 339 g/mol. The Balaban J connectivity index is 1.39. The van der Waals surface area contributed by atoms with Crippen LogP contribution < -0.4 is 5.32 Å². The van der Waals surface area contributed by atoms with Gasteiger partial charge in [0.05, 0.1) is 11.2 Å². The highest BCUT2D eigenvalue weighted by Gasteiger charge is 2.21. The van der Waals surface area contributed by atoms with Gasteiger partial charge in [-0.2, -0.15) is 0 Å². The van der Waals surface area contributed by atoms with Gasteiger partial charge < -0.3 is 9.88 Å². The fourth-order valence-electron chi connectivity index (χ4n) is 3.45. The van der Waals surface area contributed by atoms with Crippen molar-refractivity contribution in [1.82, 2.24) is 19.4 Å². The van der Waals surface area contributed by atoms with Crippen LogP contribution in [0.3, 0.4) is 0 Å². The van der Waals surface area contributed by atoms with E-state index in [0.29, 0.717) is 11.6 Å². The molecule has 0 amide bonds. The first kappa shape index (κ1) is 16.0. The highest BCUT2D eigenvalue weighted by molar-refractivity contribution is 5.79. The Kier molecular flexibility index (Phi) is 4.36. The van der Waals surface area contributed by atoms with Gasteiger partial charge in [0, 0.05) is 38.9 Å². The van der Waals surface area contributed by atoms with E-state index in [1.165, 1.54) is 6.07 Å². The van der Waals surface area contributed by atoms with Crippen molar-refractivity contribution in [1.29, 1.82) is 0 Å². The van der Waals surface area contributed by atoms with E-state index in [0.717, 1.165) is 49.6 Å². The predicted molar refractivity (Wildman–Crippen MR) is 96.8 cm³/mol. The lowest BCUT2D eigenvalue weighted by atomic mass is 10.1. The molecule has 1 aliphatic rings. The van der Waals surface area contributed by atoms with Gasteiger partial charge in [-0.25, -0.2) is 9.37 Å². The number of hydrogen-bond acceptors (Lipinski definition) is 4. The SMILES string of the molecule is Cn1c(NC2CCN(Cc3ccccn3)CC2)nc2c(F)cccc21. The van der Waals surface area contributed by atoms with Crippen LogP contribution in [0.1, 0.15) is 18.5 Å². The highest BCUT2D eigenvalue weighted by atomic mass is 19.1. The molecule has 0 aliphatic carbocycles. The van der Waals surface area contributed by atoms with Crippen molar-refractivity contribution in [3.63, 3.8) is 0 Å². The molecule has 25 heavy (non-hydrogen) atoms. The van der Waals surface area contributed by atoms with Crippen LogP contribution in [0, 0.1) is 5.82 Å². The Morgan fingerprint density at radius 2 is 2.00 bits per heavy atom. The fourth-order valence-corrected chi connectivity index (χ4v) is 3.45. The Bertz CT molecular complexity index is 853. The summed E-state index contributed by atoms with van der Waals surface area (Å²) in [5, 5.41) is 3.49. The lowest BCUT2D eigenvalue weighted by Crippen LogP contribution is -2.39. The number of rotatable bonds is 4. The zero-order valence-electron chi connectivity index (χ0n) is 14.3. The third-order valence-electron chi connectivity index (χ3n) is 4.89. The highest BCUT2D eigenvalue weighted by Crippen LogP contribution is 2.23. The third-order valence-corrected chi connectivity index (χ3v) is 4.89. The van der Waals surface area contributed by atoms with Gasteiger partial charge in [-0.15, -0.1) is 0 Å². The van der Waals surface area contributed by atoms with Crippen molar-refractivity contribution in [2.75, 3.05) is 18.4 Å². The molecule has 1 N–H and O–H groups in total. The van der Waals surface area contributed by atoms with Gasteiger partial charge >= 0.3 is 0 Å². The number of nitrogens with zero attached hydrogens (tertiary/aromatic N) is 4. The minimum atomic E-state index is -0.272. The van der Waals surface area contributed by atoms with Crippen LogP contribution in [0.25, 0.3) is 11.0 Å². The van der Waals surface area contributed by atoms with E-state index in [4.69, 9.17) is 0 Å². The van der Waals surface area contributed by atoms with Crippen molar-refractivity contribution in [3.8, 4) is 0 Å². The van der Waals surface area contributed by atoms with Gasteiger partial charge in [0.15, 0.2) is 5.82 Å². The molecule has 130 valence electrons. The van der Waals surface area contributed by atoms with E-state index in [1.807, 2.05) is 36.0 Å². The van der Waals surface area contributed by atoms with Crippen molar-refractivity contribution in [2.24, 2.45) is 7.05 Å². The van der Waals surface area contributed by atoms with E-state index in [1.54, 1.807) is 6.07 Å². The van der Waals surface area contributed by atoms with Crippen LogP contribution in [0.4, 0.5) is 10.3 Å². The maximum absolute atomic E-state index is 13.9. The minimum absolute atomic E-state index is 0.272. The number of imidazole rings is 1. The van der Waals surface area contributed by atoms with Gasteiger partial charge in [-0.05, 0) is 37.1 Å². The topological polar surface area (TPSA) is 46.0 Å². The molecule has 0 saturated carbocycles. The Labute approximate surface area is 146 Å². The van der Waals surface area contributed by atoms with E-state index >= 15 is 0 Å². The van der Waals surface area contributed by atoms with Crippen molar-refractivity contribution < 1.29 is 4.39 Å². The summed E-state index contributed by atoms with van der Waals surface area (Å²) in [5.74, 6) is 0.467. The number of aromatic nitrogens is 3. The molecular formula is C19H22FN5. The number of pyridine rings is 1. The van der Waals surface area contributed by atoms with Gasteiger partial charge in [0.2, 0.25) is 5.95 Å². The largest absolute Gasteiger partial charge is 0.353 e. The maximum Gasteiger partial charge on any atom is 0.203 e. The summed E-state index contributed by atoms with van der Waals surface area (Å²) in [7, 11) is 1.92. The van der Waals surface area contributed by atoms with E-state index in [-0.39, 0.29) is 5.82 Å². The monoisotopic (exact) mass is 339 g/mol. The molecule has 3 aromatic rings. The Morgan fingerprint density at radius 1 is 1.16 bits per heavy atom. The van der Waals surface area contributed by atoms with Crippen molar-refractivity contribution >= 4 is 17.0 Å². The molecule has 1 aromatic carbocycles. The summed E-state index contributed by atoms with van der Waals surface area (Å²) in [5.41, 5.74) is 2.36. The molecule has 5 nitrogen and oxygen atoms in total. The number of aryl methyl sites for hydroxylation is 1. The van der Waals surface area contributed by atoms with Crippen LogP contribution in [0.15, 0.2) is 42.6 Å². The first-order valence-corrected chi connectivity index (χ1v) is 8.70. The summed E-state index contributed by atoms with van der Waals surface area (Å²) in [6.07, 6.45) is 3.92. The molecule has 1 saturated heterocycles. The van der Waals surface area contributed by atoms with E-state index in [2.05, 4.69) is 26.3 Å². The number of nitrogens with one attached hydrogen (secondary N) is 1. The number of para-hydroxylation sites is 1. The van der Waals surface area contributed by atoms with Gasteiger partial charge in [-0.1, -0.05) is 12.1 Å². The minimum Gasteiger partial charge on any atom is -0.353 e. The molecule has 1 fully saturated rings.